The van der Waals surface area contributed by atoms with Crippen LogP contribution in [0.2, 0.25) is 0 Å². The van der Waals surface area contributed by atoms with Crippen LogP contribution in [0.15, 0.2) is 16.3 Å². The van der Waals surface area contributed by atoms with Gasteiger partial charge in [-0.05, 0) is 25.7 Å². The quantitative estimate of drug-likeness (QED) is 0.759. The van der Waals surface area contributed by atoms with E-state index in [2.05, 4.69) is 21.9 Å². The Bertz CT molecular complexity index is 545. The molecular formula is C13H23N3O3S2. The Morgan fingerprint density at radius 1 is 1.48 bits per heavy atom. The SMILES string of the molecule is CCN1CCOC(CNS(=O)(=O)c2ccc(CNC)s2)C1. The van der Waals surface area contributed by atoms with E-state index in [0.29, 0.717) is 23.9 Å². The van der Waals surface area contributed by atoms with Gasteiger partial charge >= 0.3 is 0 Å². The van der Waals surface area contributed by atoms with Gasteiger partial charge in [0.1, 0.15) is 4.21 Å². The number of thiophene rings is 1. The molecule has 0 amide bonds. The molecule has 1 fully saturated rings. The summed E-state index contributed by atoms with van der Waals surface area (Å²) in [6.07, 6.45) is -0.0785. The summed E-state index contributed by atoms with van der Waals surface area (Å²) in [6, 6.07) is 3.49. The summed E-state index contributed by atoms with van der Waals surface area (Å²) >= 11 is 1.29. The Balaban J connectivity index is 1.91. The number of hydrogen-bond donors (Lipinski definition) is 2. The van der Waals surface area contributed by atoms with Crippen LogP contribution in [0.4, 0.5) is 0 Å². The maximum absolute atomic E-state index is 12.3. The maximum Gasteiger partial charge on any atom is 0.250 e. The molecule has 0 saturated carbocycles. The molecule has 0 aromatic carbocycles. The smallest absolute Gasteiger partial charge is 0.250 e. The topological polar surface area (TPSA) is 70.7 Å². The molecule has 0 aliphatic carbocycles. The molecule has 1 unspecified atom stereocenters. The van der Waals surface area contributed by atoms with Gasteiger partial charge in [0.15, 0.2) is 0 Å². The van der Waals surface area contributed by atoms with Crippen molar-refractivity contribution in [3.63, 3.8) is 0 Å². The molecule has 2 N–H and O–H groups in total. The Morgan fingerprint density at radius 2 is 2.29 bits per heavy atom. The van der Waals surface area contributed by atoms with Crippen LogP contribution in [-0.2, 0) is 21.3 Å². The molecule has 6 nitrogen and oxygen atoms in total. The number of rotatable bonds is 7. The third-order valence-electron chi connectivity index (χ3n) is 3.42. The van der Waals surface area contributed by atoms with E-state index in [-0.39, 0.29) is 6.10 Å². The van der Waals surface area contributed by atoms with Crippen LogP contribution in [0.3, 0.4) is 0 Å². The molecule has 1 aliphatic heterocycles. The third-order valence-corrected chi connectivity index (χ3v) is 6.42. The van der Waals surface area contributed by atoms with Crippen molar-refractivity contribution in [1.29, 1.82) is 0 Å². The summed E-state index contributed by atoms with van der Waals surface area (Å²) in [4.78, 5) is 3.27. The summed E-state index contributed by atoms with van der Waals surface area (Å²) in [7, 11) is -1.60. The highest BCUT2D eigenvalue weighted by Crippen LogP contribution is 2.21. The number of sulfonamides is 1. The van der Waals surface area contributed by atoms with E-state index in [0.717, 1.165) is 24.5 Å². The summed E-state index contributed by atoms with van der Waals surface area (Å²) in [5, 5.41) is 3.01. The zero-order valence-electron chi connectivity index (χ0n) is 12.5. The van der Waals surface area contributed by atoms with Crippen molar-refractivity contribution in [3.8, 4) is 0 Å². The monoisotopic (exact) mass is 333 g/mol. The number of morpholine rings is 1. The molecular weight excluding hydrogens is 310 g/mol. The summed E-state index contributed by atoms with van der Waals surface area (Å²) in [6.45, 7) is 6.40. The molecule has 120 valence electrons. The molecule has 0 bridgehead atoms. The lowest BCUT2D eigenvalue weighted by atomic mass is 10.3. The van der Waals surface area contributed by atoms with Gasteiger partial charge in [-0.15, -0.1) is 11.3 Å². The number of ether oxygens (including phenoxy) is 1. The molecule has 8 heteroatoms. The highest BCUT2D eigenvalue weighted by molar-refractivity contribution is 7.91. The van der Waals surface area contributed by atoms with Crippen LogP contribution >= 0.6 is 11.3 Å². The van der Waals surface area contributed by atoms with Gasteiger partial charge in [-0.25, -0.2) is 13.1 Å². The van der Waals surface area contributed by atoms with E-state index in [1.54, 1.807) is 6.07 Å². The number of nitrogens with zero attached hydrogens (tertiary/aromatic N) is 1. The minimum absolute atomic E-state index is 0.0785. The van der Waals surface area contributed by atoms with E-state index < -0.39 is 10.0 Å². The lowest BCUT2D eigenvalue weighted by Crippen LogP contribution is -2.47. The largest absolute Gasteiger partial charge is 0.374 e. The van der Waals surface area contributed by atoms with E-state index in [1.807, 2.05) is 13.1 Å². The van der Waals surface area contributed by atoms with Crippen molar-refractivity contribution in [2.24, 2.45) is 0 Å². The van der Waals surface area contributed by atoms with Gasteiger partial charge in [-0.1, -0.05) is 6.92 Å². The molecule has 21 heavy (non-hydrogen) atoms. The van der Waals surface area contributed by atoms with Crippen molar-refractivity contribution >= 4 is 21.4 Å². The Morgan fingerprint density at radius 3 is 3.00 bits per heavy atom. The fourth-order valence-electron chi connectivity index (χ4n) is 2.24. The first-order valence-electron chi connectivity index (χ1n) is 7.12. The second kappa shape index (κ2) is 7.66. The van der Waals surface area contributed by atoms with Gasteiger partial charge < -0.3 is 10.1 Å². The molecule has 1 aromatic heterocycles. The third kappa shape index (κ3) is 4.73. The normalized spacial score (nSPS) is 20.8. The number of nitrogens with one attached hydrogen (secondary N) is 2. The molecule has 1 atom stereocenters. The van der Waals surface area contributed by atoms with Crippen LogP contribution in [0.25, 0.3) is 0 Å². The lowest BCUT2D eigenvalue weighted by Gasteiger charge is -2.32. The van der Waals surface area contributed by atoms with Crippen LogP contribution in [-0.4, -0.2) is 59.3 Å². The van der Waals surface area contributed by atoms with E-state index in [9.17, 15) is 8.42 Å². The van der Waals surface area contributed by atoms with Crippen molar-refractivity contribution in [2.75, 3.05) is 39.8 Å². The fourth-order valence-corrected chi connectivity index (χ4v) is 4.72. The van der Waals surface area contributed by atoms with Crippen LogP contribution in [0, 0.1) is 0 Å². The molecule has 1 aromatic rings. The molecule has 1 saturated heterocycles. The second-order valence-electron chi connectivity index (χ2n) is 4.99. The maximum atomic E-state index is 12.3. The first kappa shape index (κ1) is 16.9. The van der Waals surface area contributed by atoms with Crippen LogP contribution in [0.5, 0.6) is 0 Å². The first-order valence-corrected chi connectivity index (χ1v) is 9.42. The Labute approximate surface area is 130 Å². The molecule has 0 spiro atoms. The van der Waals surface area contributed by atoms with Gasteiger partial charge in [-0.3, -0.25) is 4.90 Å². The van der Waals surface area contributed by atoms with Gasteiger partial charge in [0.2, 0.25) is 10.0 Å². The predicted octanol–water partition coefficient (Wildman–Crippen LogP) is 0.467. The highest BCUT2D eigenvalue weighted by atomic mass is 32.2. The van der Waals surface area contributed by atoms with Gasteiger partial charge in [0.05, 0.1) is 12.7 Å². The summed E-state index contributed by atoms with van der Waals surface area (Å²) < 4.78 is 33.1. The molecule has 2 heterocycles. The molecule has 1 aliphatic rings. The second-order valence-corrected chi connectivity index (χ2v) is 8.15. The van der Waals surface area contributed by atoms with E-state index in [4.69, 9.17) is 4.74 Å². The van der Waals surface area contributed by atoms with Crippen molar-refractivity contribution in [3.05, 3.63) is 17.0 Å². The average molecular weight is 333 g/mol. The van der Waals surface area contributed by atoms with Crippen LogP contribution in [0.1, 0.15) is 11.8 Å². The summed E-state index contributed by atoms with van der Waals surface area (Å²) in [5.74, 6) is 0. The van der Waals surface area contributed by atoms with Gasteiger partial charge in [0.25, 0.3) is 0 Å². The number of likely N-dealkylation sites (N-methyl/N-ethyl adjacent to an activating group) is 1. The van der Waals surface area contributed by atoms with E-state index >= 15 is 0 Å². The van der Waals surface area contributed by atoms with Crippen LogP contribution < -0.4 is 10.0 Å². The van der Waals surface area contributed by atoms with Crippen molar-refractivity contribution in [2.45, 2.75) is 23.8 Å². The minimum atomic E-state index is -3.44. The highest BCUT2D eigenvalue weighted by Gasteiger charge is 2.23. The standard InChI is InChI=1S/C13H23N3O3S2/c1-3-16-6-7-19-11(10-16)8-15-21(17,18)13-5-4-12(20-13)9-14-2/h4-5,11,14-15H,3,6-10H2,1-2H3. The lowest BCUT2D eigenvalue weighted by molar-refractivity contribution is -0.0229. The zero-order valence-corrected chi connectivity index (χ0v) is 14.1. The van der Waals surface area contributed by atoms with E-state index in [1.165, 1.54) is 11.3 Å². The average Bonchev–Trinajstić information content (AvgIpc) is 2.95. The molecule has 2 rings (SSSR count). The zero-order chi connectivity index (χ0) is 15.3. The molecule has 0 radical (unpaired) electrons. The van der Waals surface area contributed by atoms with Gasteiger partial charge in [0, 0.05) is 31.1 Å². The Hall–Kier alpha value is -0.510. The minimum Gasteiger partial charge on any atom is -0.374 e. The predicted molar refractivity (Wildman–Crippen MR) is 84.1 cm³/mol. The van der Waals surface area contributed by atoms with Crippen molar-refractivity contribution in [1.82, 2.24) is 14.9 Å². The van der Waals surface area contributed by atoms with Gasteiger partial charge in [-0.2, -0.15) is 0 Å². The fraction of sp³-hybridized carbons (Fsp3) is 0.692. The Kier molecular flexibility index (Phi) is 6.15. The van der Waals surface area contributed by atoms with Crippen molar-refractivity contribution < 1.29 is 13.2 Å². The first-order chi connectivity index (χ1) is 10.0. The number of hydrogen-bond acceptors (Lipinski definition) is 6. The summed E-state index contributed by atoms with van der Waals surface area (Å²) in [5.41, 5.74) is 0.